The van der Waals surface area contributed by atoms with Crippen molar-refractivity contribution in [3.63, 3.8) is 0 Å². The summed E-state index contributed by atoms with van der Waals surface area (Å²) in [6.07, 6.45) is 6.55. The number of ether oxygens (including phenoxy) is 1. The van der Waals surface area contributed by atoms with Gasteiger partial charge in [-0.1, -0.05) is 82.0 Å². The molecule has 0 atom stereocenters. The second-order valence-corrected chi connectivity index (χ2v) is 7.92. The zero-order valence-corrected chi connectivity index (χ0v) is 20.1. The fraction of sp³-hybridized carbons (Fsp3) is 0.519. The Kier molecular flexibility index (Phi) is 13.1. The second-order valence-electron chi connectivity index (χ2n) is 7.92. The van der Waals surface area contributed by atoms with Crippen LogP contribution < -0.4 is 5.32 Å². The van der Waals surface area contributed by atoms with Crippen LogP contribution in [0.1, 0.15) is 50.7 Å². The number of alkyl halides is 1. The molecule has 0 radical (unpaired) electrons. The first kappa shape index (κ1) is 26.8. The van der Waals surface area contributed by atoms with E-state index >= 15 is 0 Å². The van der Waals surface area contributed by atoms with E-state index in [1.54, 1.807) is 18.2 Å². The van der Waals surface area contributed by atoms with Gasteiger partial charge in [0.2, 0.25) is 0 Å². The van der Waals surface area contributed by atoms with E-state index in [1.165, 1.54) is 48.9 Å². The minimum Gasteiger partial charge on any atom is -0.463 e. The Morgan fingerprint density at radius 1 is 0.909 bits per heavy atom. The molecule has 1 N–H and O–H groups in total. The zero-order valence-electron chi connectivity index (χ0n) is 20.1. The first-order valence-electron chi connectivity index (χ1n) is 12.3. The summed E-state index contributed by atoms with van der Waals surface area (Å²) in [5, 5.41) is 2.79. The molecular formula is C27H39F2N3O. The van der Waals surface area contributed by atoms with Gasteiger partial charge < -0.3 is 15.0 Å². The first-order chi connectivity index (χ1) is 16.2. The van der Waals surface area contributed by atoms with Crippen LogP contribution in [0.15, 0.2) is 59.6 Å². The molecule has 6 heteroatoms. The van der Waals surface area contributed by atoms with Gasteiger partial charge in [0.25, 0.3) is 6.02 Å². The smallest absolute Gasteiger partial charge is 0.287 e. The Morgan fingerprint density at radius 3 is 1.91 bits per heavy atom. The summed E-state index contributed by atoms with van der Waals surface area (Å²) < 4.78 is 28.8. The molecule has 1 saturated heterocycles. The summed E-state index contributed by atoms with van der Waals surface area (Å²) in [6.45, 7) is 8.66. The van der Waals surface area contributed by atoms with E-state index in [0.717, 1.165) is 38.7 Å². The molecule has 0 aromatic heterocycles. The van der Waals surface area contributed by atoms with E-state index in [2.05, 4.69) is 39.5 Å². The molecule has 0 unspecified atom stereocenters. The van der Waals surface area contributed by atoms with Gasteiger partial charge in [-0.15, -0.1) is 0 Å². The molecule has 2 aromatic rings. The second kappa shape index (κ2) is 16.2. The molecule has 2 aromatic carbocycles. The maximum absolute atomic E-state index is 11.9. The van der Waals surface area contributed by atoms with E-state index in [4.69, 9.17) is 4.74 Å². The number of fused-ring (bicyclic) bond motifs is 1. The number of amidine groups is 1. The van der Waals surface area contributed by atoms with Crippen molar-refractivity contribution in [1.82, 2.24) is 10.2 Å². The van der Waals surface area contributed by atoms with Crippen molar-refractivity contribution in [3.8, 4) is 0 Å². The summed E-state index contributed by atoms with van der Waals surface area (Å²) in [4.78, 5) is 6.58. The van der Waals surface area contributed by atoms with Gasteiger partial charge >= 0.3 is 0 Å². The zero-order chi connectivity index (χ0) is 23.7. The van der Waals surface area contributed by atoms with Crippen molar-refractivity contribution in [2.75, 3.05) is 32.8 Å². The van der Waals surface area contributed by atoms with Crippen LogP contribution in [0.3, 0.4) is 0 Å². The fourth-order valence-electron chi connectivity index (χ4n) is 3.09. The molecule has 3 heterocycles. The lowest BCUT2D eigenvalue weighted by molar-refractivity contribution is 0.237. The fourth-order valence-corrected chi connectivity index (χ4v) is 3.09. The molecule has 2 fully saturated rings. The third-order valence-electron chi connectivity index (χ3n) is 5.44. The van der Waals surface area contributed by atoms with Gasteiger partial charge in [0.15, 0.2) is 0 Å². The quantitative estimate of drug-likeness (QED) is 0.543. The number of hydrogen-bond donors (Lipinski definition) is 1. The highest BCUT2D eigenvalue weighted by atomic mass is 19.1. The van der Waals surface area contributed by atoms with Crippen molar-refractivity contribution in [1.29, 1.82) is 0 Å². The molecular weight excluding hydrogens is 420 g/mol. The molecule has 1 aliphatic carbocycles. The minimum atomic E-state index is -0.546. The Hall–Kier alpha value is -2.47. The Labute approximate surface area is 198 Å². The van der Waals surface area contributed by atoms with Crippen LogP contribution >= 0.6 is 0 Å². The predicted octanol–water partition coefficient (Wildman–Crippen LogP) is 5.77. The molecule has 182 valence electrons. The number of halogens is 2. The molecule has 33 heavy (non-hydrogen) atoms. The van der Waals surface area contributed by atoms with Gasteiger partial charge in [-0.25, -0.2) is 13.8 Å². The van der Waals surface area contributed by atoms with Crippen LogP contribution in [0.5, 0.6) is 0 Å². The van der Waals surface area contributed by atoms with E-state index in [9.17, 15) is 8.78 Å². The lowest BCUT2D eigenvalue weighted by Crippen LogP contribution is -2.43. The van der Waals surface area contributed by atoms with Crippen LogP contribution in [0.4, 0.5) is 8.78 Å². The lowest BCUT2D eigenvalue weighted by atomic mass is 10.0. The molecule has 4 aliphatic rings. The number of benzene rings is 2. The summed E-state index contributed by atoms with van der Waals surface area (Å²) in [6, 6.07) is 17.4. The highest BCUT2D eigenvalue weighted by molar-refractivity contribution is 5.75. The maximum Gasteiger partial charge on any atom is 0.287 e. The van der Waals surface area contributed by atoms with Crippen molar-refractivity contribution in [2.45, 2.75) is 58.7 Å². The minimum absolute atomic E-state index is 0.178. The van der Waals surface area contributed by atoms with Gasteiger partial charge in [0.05, 0.1) is 6.54 Å². The number of rotatable bonds is 0. The summed E-state index contributed by atoms with van der Waals surface area (Å²) in [5.41, 5.74) is 2.87. The SMILES string of the molecule is C1CCC1.CC.FC1CNC1.Fc1ccccc1.c1ccc2c(c1)CCN(C1=NCCO1)C2. The van der Waals surface area contributed by atoms with E-state index in [0.29, 0.717) is 13.1 Å². The Bertz CT molecular complexity index is 789. The van der Waals surface area contributed by atoms with Gasteiger partial charge in [0, 0.05) is 26.2 Å². The number of nitrogens with one attached hydrogen (secondary N) is 1. The summed E-state index contributed by atoms with van der Waals surface area (Å²) >= 11 is 0. The molecule has 6 rings (SSSR count). The highest BCUT2D eigenvalue weighted by Gasteiger charge is 2.21. The maximum atomic E-state index is 11.9. The topological polar surface area (TPSA) is 36.9 Å². The largest absolute Gasteiger partial charge is 0.463 e. The predicted molar refractivity (Wildman–Crippen MR) is 133 cm³/mol. The van der Waals surface area contributed by atoms with Crippen LogP contribution in [0.2, 0.25) is 0 Å². The number of nitrogens with zero attached hydrogens (tertiary/aromatic N) is 2. The van der Waals surface area contributed by atoms with Crippen molar-refractivity contribution in [3.05, 3.63) is 71.5 Å². The molecule has 4 nitrogen and oxygen atoms in total. The molecule has 1 saturated carbocycles. The van der Waals surface area contributed by atoms with Crippen LogP contribution in [0.25, 0.3) is 0 Å². The molecule has 0 spiro atoms. The Morgan fingerprint density at radius 2 is 1.48 bits per heavy atom. The highest BCUT2D eigenvalue weighted by Crippen LogP contribution is 2.19. The third-order valence-corrected chi connectivity index (χ3v) is 5.44. The van der Waals surface area contributed by atoms with Crippen molar-refractivity contribution < 1.29 is 13.5 Å². The third kappa shape index (κ3) is 10.3. The van der Waals surface area contributed by atoms with E-state index in [1.807, 2.05) is 13.8 Å². The lowest BCUT2D eigenvalue weighted by Gasteiger charge is -2.29. The van der Waals surface area contributed by atoms with Crippen molar-refractivity contribution >= 4 is 6.02 Å². The van der Waals surface area contributed by atoms with Gasteiger partial charge in [0.1, 0.15) is 18.6 Å². The van der Waals surface area contributed by atoms with E-state index < -0.39 is 6.17 Å². The standard InChI is InChI=1S/C12H14N2O.C6H5F.C4H8.C3H6FN.C2H6/c1-2-4-11-9-14(7-5-10(11)3-1)12-13-6-8-15-12;7-6-4-2-1-3-5-6;1-2-4-3-1;4-3-1-5-2-3;1-2/h1-4H,5-9H2;1-5H;1-4H2;3,5H,1-2H2;1-2H3. The van der Waals surface area contributed by atoms with Crippen LogP contribution in [-0.4, -0.2) is 49.9 Å². The summed E-state index contributed by atoms with van der Waals surface area (Å²) in [5.74, 6) is -0.178. The first-order valence-corrected chi connectivity index (χ1v) is 12.3. The van der Waals surface area contributed by atoms with E-state index in [-0.39, 0.29) is 5.82 Å². The monoisotopic (exact) mass is 459 g/mol. The van der Waals surface area contributed by atoms with Gasteiger partial charge in [-0.2, -0.15) is 0 Å². The van der Waals surface area contributed by atoms with Gasteiger partial charge in [-0.05, 0) is 29.7 Å². The van der Waals surface area contributed by atoms with Crippen molar-refractivity contribution in [2.24, 2.45) is 4.99 Å². The average molecular weight is 460 g/mol. The molecule has 0 bridgehead atoms. The molecule has 0 amide bonds. The normalized spacial score (nSPS) is 17.7. The number of aliphatic imine (C=N–C) groups is 1. The van der Waals surface area contributed by atoms with Gasteiger partial charge in [-0.3, -0.25) is 0 Å². The van der Waals surface area contributed by atoms with Crippen LogP contribution in [0, 0.1) is 5.82 Å². The average Bonchev–Trinajstić information content (AvgIpc) is 3.34. The summed E-state index contributed by atoms with van der Waals surface area (Å²) in [7, 11) is 0. The Balaban J connectivity index is 0.000000177. The molecule has 3 aliphatic heterocycles. The van der Waals surface area contributed by atoms with Crippen LogP contribution in [-0.2, 0) is 17.7 Å². The number of hydrogen-bond acceptors (Lipinski definition) is 4.